The number of hydrogen-bond donors (Lipinski definition) is 1. The van der Waals surface area contributed by atoms with Crippen molar-refractivity contribution >= 4 is 34.2 Å². The molecule has 0 unspecified atom stereocenters. The SMILES string of the molecule is Clc1cccc(-c2[nH]ncc2I)c1. The predicted molar refractivity (Wildman–Crippen MR) is 61.8 cm³/mol. The van der Waals surface area contributed by atoms with Gasteiger partial charge in [0.2, 0.25) is 0 Å². The van der Waals surface area contributed by atoms with E-state index in [0.29, 0.717) is 0 Å². The Morgan fingerprint density at radius 1 is 1.38 bits per heavy atom. The lowest BCUT2D eigenvalue weighted by Crippen LogP contribution is -1.79. The molecule has 0 aliphatic rings. The van der Waals surface area contributed by atoms with Gasteiger partial charge in [-0.25, -0.2) is 0 Å². The van der Waals surface area contributed by atoms with Gasteiger partial charge >= 0.3 is 0 Å². The summed E-state index contributed by atoms with van der Waals surface area (Å²) in [6.07, 6.45) is 1.79. The van der Waals surface area contributed by atoms with Crippen LogP contribution in [0.2, 0.25) is 5.02 Å². The Kier molecular flexibility index (Phi) is 2.55. The summed E-state index contributed by atoms with van der Waals surface area (Å²) in [5.74, 6) is 0. The van der Waals surface area contributed by atoms with Crippen molar-refractivity contribution in [1.29, 1.82) is 0 Å². The normalized spacial score (nSPS) is 10.3. The summed E-state index contributed by atoms with van der Waals surface area (Å²) in [6.45, 7) is 0. The highest BCUT2D eigenvalue weighted by Gasteiger charge is 2.04. The molecule has 66 valence electrons. The van der Waals surface area contributed by atoms with Gasteiger partial charge in [-0.05, 0) is 34.7 Å². The van der Waals surface area contributed by atoms with Crippen molar-refractivity contribution in [1.82, 2.24) is 10.2 Å². The van der Waals surface area contributed by atoms with E-state index < -0.39 is 0 Å². The van der Waals surface area contributed by atoms with Crippen LogP contribution in [-0.2, 0) is 0 Å². The first-order chi connectivity index (χ1) is 6.27. The van der Waals surface area contributed by atoms with Gasteiger partial charge in [-0.15, -0.1) is 0 Å². The van der Waals surface area contributed by atoms with E-state index >= 15 is 0 Å². The number of halogens is 2. The fraction of sp³-hybridized carbons (Fsp3) is 0. The number of hydrogen-bond acceptors (Lipinski definition) is 1. The second kappa shape index (κ2) is 3.67. The van der Waals surface area contributed by atoms with Gasteiger partial charge in [-0.2, -0.15) is 5.10 Å². The van der Waals surface area contributed by atoms with Crippen molar-refractivity contribution in [2.75, 3.05) is 0 Å². The minimum absolute atomic E-state index is 0.739. The summed E-state index contributed by atoms with van der Waals surface area (Å²) >= 11 is 8.11. The monoisotopic (exact) mass is 304 g/mol. The number of benzene rings is 1. The van der Waals surface area contributed by atoms with Gasteiger partial charge in [0.1, 0.15) is 0 Å². The Balaban J connectivity index is 2.53. The summed E-state index contributed by atoms with van der Waals surface area (Å²) < 4.78 is 1.10. The second-order valence-corrected chi connectivity index (χ2v) is 4.20. The molecule has 4 heteroatoms. The van der Waals surface area contributed by atoms with Crippen molar-refractivity contribution in [3.05, 3.63) is 39.1 Å². The molecule has 2 rings (SSSR count). The van der Waals surface area contributed by atoms with E-state index in [9.17, 15) is 0 Å². The topological polar surface area (TPSA) is 28.7 Å². The maximum Gasteiger partial charge on any atom is 0.0784 e. The smallest absolute Gasteiger partial charge is 0.0784 e. The zero-order valence-electron chi connectivity index (χ0n) is 6.59. The lowest BCUT2D eigenvalue weighted by atomic mass is 10.2. The highest BCUT2D eigenvalue weighted by Crippen LogP contribution is 2.24. The van der Waals surface area contributed by atoms with E-state index in [2.05, 4.69) is 32.8 Å². The summed E-state index contributed by atoms with van der Waals surface area (Å²) in [5.41, 5.74) is 2.08. The average molecular weight is 305 g/mol. The number of nitrogens with one attached hydrogen (secondary N) is 1. The van der Waals surface area contributed by atoms with Crippen molar-refractivity contribution in [2.45, 2.75) is 0 Å². The molecular weight excluding hydrogens is 298 g/mol. The molecule has 1 heterocycles. The molecule has 0 atom stereocenters. The Morgan fingerprint density at radius 2 is 2.23 bits per heavy atom. The second-order valence-electron chi connectivity index (χ2n) is 2.60. The van der Waals surface area contributed by atoms with E-state index in [-0.39, 0.29) is 0 Å². The third-order valence-electron chi connectivity index (χ3n) is 1.71. The van der Waals surface area contributed by atoms with E-state index in [1.54, 1.807) is 6.20 Å². The molecule has 0 radical (unpaired) electrons. The first-order valence-corrected chi connectivity index (χ1v) is 5.18. The van der Waals surface area contributed by atoms with Crippen LogP contribution in [0.25, 0.3) is 11.3 Å². The number of nitrogens with zero attached hydrogens (tertiary/aromatic N) is 1. The summed E-state index contributed by atoms with van der Waals surface area (Å²) in [6, 6.07) is 7.70. The van der Waals surface area contributed by atoms with Crippen molar-refractivity contribution < 1.29 is 0 Å². The molecule has 0 bridgehead atoms. The van der Waals surface area contributed by atoms with Crippen LogP contribution in [-0.4, -0.2) is 10.2 Å². The molecule has 0 amide bonds. The van der Waals surface area contributed by atoms with Crippen LogP contribution >= 0.6 is 34.2 Å². The van der Waals surface area contributed by atoms with Crippen molar-refractivity contribution in [3.8, 4) is 11.3 Å². The highest BCUT2D eigenvalue weighted by atomic mass is 127. The Labute approximate surface area is 94.5 Å². The van der Waals surface area contributed by atoms with Gasteiger partial charge in [-0.1, -0.05) is 23.7 Å². The predicted octanol–water partition coefficient (Wildman–Crippen LogP) is 3.33. The lowest BCUT2D eigenvalue weighted by molar-refractivity contribution is 1.10. The van der Waals surface area contributed by atoms with Crippen molar-refractivity contribution in [3.63, 3.8) is 0 Å². The fourth-order valence-electron chi connectivity index (χ4n) is 1.12. The standard InChI is InChI=1S/C9H6ClIN2/c10-7-3-1-2-6(4-7)9-8(11)5-12-13-9/h1-5H,(H,12,13). The quantitative estimate of drug-likeness (QED) is 0.804. The minimum atomic E-state index is 0.739. The first kappa shape index (κ1) is 9.02. The average Bonchev–Trinajstić information content (AvgIpc) is 2.51. The van der Waals surface area contributed by atoms with Gasteiger partial charge in [0.25, 0.3) is 0 Å². The summed E-state index contributed by atoms with van der Waals surface area (Å²) in [4.78, 5) is 0. The van der Waals surface area contributed by atoms with E-state index in [4.69, 9.17) is 11.6 Å². The number of aromatic nitrogens is 2. The molecule has 1 aromatic heterocycles. The molecule has 0 saturated heterocycles. The summed E-state index contributed by atoms with van der Waals surface area (Å²) in [7, 11) is 0. The molecule has 2 aromatic rings. The molecule has 1 N–H and O–H groups in total. The third kappa shape index (κ3) is 1.86. The van der Waals surface area contributed by atoms with Crippen LogP contribution in [0.5, 0.6) is 0 Å². The maximum atomic E-state index is 5.88. The Hall–Kier alpha value is -0.550. The van der Waals surface area contributed by atoms with Crippen LogP contribution in [0, 0.1) is 3.57 Å². The van der Waals surface area contributed by atoms with Crippen LogP contribution in [0.1, 0.15) is 0 Å². The van der Waals surface area contributed by atoms with Crippen LogP contribution in [0.15, 0.2) is 30.5 Å². The largest absolute Gasteiger partial charge is 0.277 e. The number of aromatic amines is 1. The molecule has 0 saturated carbocycles. The lowest BCUT2D eigenvalue weighted by Gasteiger charge is -1.98. The zero-order valence-corrected chi connectivity index (χ0v) is 9.50. The van der Waals surface area contributed by atoms with E-state index in [1.165, 1.54) is 0 Å². The van der Waals surface area contributed by atoms with Crippen LogP contribution < -0.4 is 0 Å². The van der Waals surface area contributed by atoms with Crippen LogP contribution in [0.4, 0.5) is 0 Å². The van der Waals surface area contributed by atoms with Gasteiger partial charge in [-0.3, -0.25) is 5.10 Å². The van der Waals surface area contributed by atoms with E-state index in [1.807, 2.05) is 24.3 Å². The maximum absolute atomic E-state index is 5.88. The molecule has 1 aromatic carbocycles. The Morgan fingerprint density at radius 3 is 2.85 bits per heavy atom. The fourth-order valence-corrected chi connectivity index (χ4v) is 1.88. The van der Waals surface area contributed by atoms with Gasteiger partial charge in [0.05, 0.1) is 15.5 Å². The number of rotatable bonds is 1. The number of H-pyrrole nitrogens is 1. The van der Waals surface area contributed by atoms with Gasteiger partial charge in [0, 0.05) is 10.6 Å². The molecule has 0 aliphatic heterocycles. The molecule has 13 heavy (non-hydrogen) atoms. The third-order valence-corrected chi connectivity index (χ3v) is 2.76. The Bertz CT molecular complexity index is 425. The molecule has 0 fully saturated rings. The molecular formula is C9H6ClIN2. The minimum Gasteiger partial charge on any atom is -0.277 e. The highest BCUT2D eigenvalue weighted by molar-refractivity contribution is 14.1. The van der Waals surface area contributed by atoms with Crippen LogP contribution in [0.3, 0.4) is 0 Å². The van der Waals surface area contributed by atoms with E-state index in [0.717, 1.165) is 19.9 Å². The molecule has 0 spiro atoms. The first-order valence-electron chi connectivity index (χ1n) is 3.72. The summed E-state index contributed by atoms with van der Waals surface area (Å²) in [5, 5.41) is 7.62. The van der Waals surface area contributed by atoms with Gasteiger partial charge in [0.15, 0.2) is 0 Å². The van der Waals surface area contributed by atoms with Gasteiger partial charge < -0.3 is 0 Å². The van der Waals surface area contributed by atoms with Crippen molar-refractivity contribution in [2.24, 2.45) is 0 Å². The molecule has 2 nitrogen and oxygen atoms in total. The molecule has 0 aliphatic carbocycles. The zero-order chi connectivity index (χ0) is 9.26.